The summed E-state index contributed by atoms with van der Waals surface area (Å²) in [7, 11) is 0. The van der Waals surface area contributed by atoms with Crippen LogP contribution in [0.4, 0.5) is 0 Å². The highest BCUT2D eigenvalue weighted by Gasteiger charge is 2.25. The zero-order valence-electron chi connectivity index (χ0n) is 31.9. The van der Waals surface area contributed by atoms with Gasteiger partial charge in [-0.1, -0.05) is 152 Å². The van der Waals surface area contributed by atoms with Crippen molar-refractivity contribution >= 4 is 45.4 Å². The molecule has 3 aliphatic rings. The third-order valence-corrected chi connectivity index (χ3v) is 11.3. The number of benzene rings is 5. The largest absolute Gasteiger partial charge is 0.354 e. The van der Waals surface area contributed by atoms with Crippen molar-refractivity contribution in [3.8, 4) is 0 Å². The molecule has 0 amide bonds. The number of aliphatic imine (C=N–C) groups is 1. The van der Waals surface area contributed by atoms with Crippen molar-refractivity contribution in [2.75, 3.05) is 0 Å². The van der Waals surface area contributed by atoms with Crippen LogP contribution in [-0.2, 0) is 4.79 Å². The van der Waals surface area contributed by atoms with E-state index in [1.165, 1.54) is 0 Å². The van der Waals surface area contributed by atoms with E-state index in [1.807, 2.05) is 48.5 Å². The minimum atomic E-state index is -0.0440. The van der Waals surface area contributed by atoms with E-state index in [0.29, 0.717) is 5.57 Å². The van der Waals surface area contributed by atoms with Gasteiger partial charge in [-0.15, -0.1) is 0 Å². The molecule has 2 aliphatic heterocycles. The van der Waals surface area contributed by atoms with Crippen molar-refractivity contribution in [1.29, 1.82) is 0 Å². The number of allylic oxidation sites excluding steroid dienone is 3. The second kappa shape index (κ2) is 14.2. The number of aromatic nitrogens is 3. The van der Waals surface area contributed by atoms with Crippen LogP contribution in [0.1, 0.15) is 50.5 Å². The van der Waals surface area contributed by atoms with Gasteiger partial charge in [0, 0.05) is 60.9 Å². The lowest BCUT2D eigenvalue weighted by atomic mass is 9.89. The van der Waals surface area contributed by atoms with Gasteiger partial charge in [-0.25, -0.2) is 4.99 Å². The predicted octanol–water partition coefficient (Wildman–Crippen LogP) is 7.94. The first kappa shape index (κ1) is 34.2. The summed E-state index contributed by atoms with van der Waals surface area (Å²) in [4.78, 5) is 31.5. The summed E-state index contributed by atoms with van der Waals surface area (Å²) in [6.45, 7) is 0. The molecule has 11 rings (SSSR count). The van der Waals surface area contributed by atoms with E-state index in [0.717, 1.165) is 105 Å². The van der Waals surface area contributed by atoms with Crippen molar-refractivity contribution in [2.24, 2.45) is 4.99 Å². The Bertz CT molecular complexity index is 3360. The van der Waals surface area contributed by atoms with E-state index in [4.69, 9.17) is 4.99 Å². The van der Waals surface area contributed by atoms with Gasteiger partial charge in [0.05, 0.1) is 16.8 Å². The minimum absolute atomic E-state index is 0.0440. The molecule has 0 fully saturated rings. The number of nitrogens with one attached hydrogen (secondary N) is 3. The summed E-state index contributed by atoms with van der Waals surface area (Å²) in [6.07, 6.45) is 7.82. The van der Waals surface area contributed by atoms with Crippen LogP contribution >= 0.6 is 0 Å². The summed E-state index contributed by atoms with van der Waals surface area (Å²) >= 11 is 0. The second-order valence-corrected chi connectivity index (χ2v) is 14.9. The summed E-state index contributed by atoms with van der Waals surface area (Å²) in [5, 5.41) is 3.53. The first-order chi connectivity index (χ1) is 29.2. The van der Waals surface area contributed by atoms with Gasteiger partial charge in [0.25, 0.3) is 0 Å². The van der Waals surface area contributed by atoms with E-state index in [2.05, 4.69) is 161 Å². The number of nitrogens with zero attached hydrogens (tertiary/aromatic N) is 1. The van der Waals surface area contributed by atoms with Crippen LogP contribution in [0.15, 0.2) is 205 Å². The van der Waals surface area contributed by atoms with Crippen LogP contribution in [0.5, 0.6) is 0 Å². The molecule has 0 radical (unpaired) electrons. The second-order valence-electron chi connectivity index (χ2n) is 14.9. The van der Waals surface area contributed by atoms with Crippen LogP contribution < -0.4 is 21.3 Å². The molecule has 0 saturated heterocycles. The Balaban J connectivity index is 1.37. The van der Waals surface area contributed by atoms with Gasteiger partial charge in [-0.3, -0.25) is 4.79 Å². The molecular formula is C54H36N4O. The molecule has 1 aliphatic carbocycles. The molecule has 8 bridgehead atoms. The number of carbonyl (C=O) groups is 1. The number of H-pyrrole nitrogens is 3. The van der Waals surface area contributed by atoms with Gasteiger partial charge in [0.2, 0.25) is 0 Å². The van der Waals surface area contributed by atoms with Gasteiger partial charge in [0.15, 0.2) is 5.78 Å². The molecule has 8 aromatic rings. The first-order valence-corrected chi connectivity index (χ1v) is 19.8. The lowest BCUT2D eigenvalue weighted by molar-refractivity contribution is -0.109. The Morgan fingerprint density at radius 3 is 1.54 bits per heavy atom. The maximum Gasteiger partial charge on any atom is 0.187 e. The van der Waals surface area contributed by atoms with Crippen LogP contribution in [0.25, 0.3) is 33.9 Å². The number of hydrogen-bond donors (Lipinski definition) is 3. The molecule has 0 spiro atoms. The number of carbonyl (C=O) groups excluding carboxylic acids is 1. The SMILES string of the molecule is O=C1C=Cc2ccccc2C1=c1cc2[nH]c1=C(c1ccccc1)C1=NC(=C(c3ccccc3)c3ccc([nH]3)C(c3ccccc3)=c3ccc([nH]3)=C2c2ccccc2)C=C1. The van der Waals surface area contributed by atoms with Crippen LogP contribution in [-0.4, -0.2) is 26.4 Å². The van der Waals surface area contributed by atoms with Gasteiger partial charge < -0.3 is 15.0 Å². The van der Waals surface area contributed by atoms with E-state index in [-0.39, 0.29) is 5.78 Å². The number of fused-ring (bicyclic) bond motifs is 8. The molecule has 0 saturated carbocycles. The number of hydrogen-bond acceptors (Lipinski definition) is 2. The van der Waals surface area contributed by atoms with Crippen LogP contribution in [0, 0.1) is 0 Å². The molecular weight excluding hydrogens is 721 g/mol. The highest BCUT2D eigenvalue weighted by Crippen LogP contribution is 2.33. The zero-order valence-corrected chi connectivity index (χ0v) is 31.9. The van der Waals surface area contributed by atoms with E-state index in [1.54, 1.807) is 6.08 Å². The highest BCUT2D eigenvalue weighted by molar-refractivity contribution is 6.32. The Hall–Kier alpha value is -8.02. The molecule has 5 heteroatoms. The molecule has 0 unspecified atom stereocenters. The molecule has 59 heavy (non-hydrogen) atoms. The standard InChI is InChI=1S/C54H36N4O/c59-48-32-25-34-15-13-14-24-39(34)53(48)40-33-47-51(37-20-9-3-10-21-37)45-29-28-43(56-45)49(35-16-5-1-6-17-35)41-26-27-42(55-41)50(36-18-7-2-8-19-36)44-30-31-46(57-44)52(54(40)58-47)38-22-11-4-12-23-38/h1-33,55-56,58H. The Kier molecular flexibility index (Phi) is 8.23. The fourth-order valence-corrected chi connectivity index (χ4v) is 8.72. The normalized spacial score (nSPS) is 15.5. The fraction of sp³-hybridized carbons (Fsp3) is 0. The molecule has 3 N–H and O–H groups in total. The van der Waals surface area contributed by atoms with E-state index < -0.39 is 0 Å². The summed E-state index contributed by atoms with van der Waals surface area (Å²) in [5.74, 6) is -0.0440. The Morgan fingerprint density at radius 2 is 0.915 bits per heavy atom. The van der Waals surface area contributed by atoms with Gasteiger partial charge >= 0.3 is 0 Å². The monoisotopic (exact) mass is 756 g/mol. The Morgan fingerprint density at radius 1 is 0.390 bits per heavy atom. The Labute approximate surface area is 340 Å². The van der Waals surface area contributed by atoms with Crippen LogP contribution in [0.3, 0.4) is 0 Å². The van der Waals surface area contributed by atoms with Crippen molar-refractivity contribution in [2.45, 2.75) is 0 Å². The fourth-order valence-electron chi connectivity index (χ4n) is 8.72. The first-order valence-electron chi connectivity index (χ1n) is 19.8. The van der Waals surface area contributed by atoms with Gasteiger partial charge in [-0.05, 0) is 81.9 Å². The van der Waals surface area contributed by atoms with Crippen molar-refractivity contribution in [3.63, 3.8) is 0 Å². The van der Waals surface area contributed by atoms with Crippen molar-refractivity contribution < 1.29 is 4.79 Å². The number of ketones is 1. The lowest BCUT2D eigenvalue weighted by Gasteiger charge is -2.13. The third kappa shape index (κ3) is 5.96. The number of rotatable bonds is 4. The summed E-state index contributed by atoms with van der Waals surface area (Å²) in [5.41, 5.74) is 15.0. The molecule has 5 aromatic carbocycles. The predicted molar refractivity (Wildman–Crippen MR) is 238 cm³/mol. The summed E-state index contributed by atoms with van der Waals surface area (Å²) in [6, 6.07) is 60.7. The molecule has 278 valence electrons. The van der Waals surface area contributed by atoms with Crippen molar-refractivity contribution in [1.82, 2.24) is 15.0 Å². The minimum Gasteiger partial charge on any atom is -0.354 e. The van der Waals surface area contributed by atoms with Gasteiger partial charge in [-0.2, -0.15) is 0 Å². The number of aromatic amines is 3. The molecule has 5 nitrogen and oxygen atoms in total. The maximum atomic E-state index is 14.3. The highest BCUT2D eigenvalue weighted by atomic mass is 16.1. The lowest BCUT2D eigenvalue weighted by Crippen LogP contribution is -2.33. The molecule has 5 heterocycles. The molecule has 3 aromatic heterocycles. The smallest absolute Gasteiger partial charge is 0.187 e. The maximum absolute atomic E-state index is 14.3. The van der Waals surface area contributed by atoms with E-state index in [9.17, 15) is 4.79 Å². The summed E-state index contributed by atoms with van der Waals surface area (Å²) < 4.78 is 0. The zero-order chi connectivity index (χ0) is 39.3. The van der Waals surface area contributed by atoms with Gasteiger partial charge in [0.1, 0.15) is 0 Å². The average Bonchev–Trinajstić information content (AvgIpc) is 4.13. The van der Waals surface area contributed by atoms with Crippen molar-refractivity contribution in [3.05, 3.63) is 272 Å². The topological polar surface area (TPSA) is 76.8 Å². The van der Waals surface area contributed by atoms with Crippen LogP contribution in [0.2, 0.25) is 0 Å². The molecule has 0 atom stereocenters. The quantitative estimate of drug-likeness (QED) is 0.168. The van der Waals surface area contributed by atoms with E-state index >= 15 is 0 Å². The average molecular weight is 757 g/mol. The third-order valence-electron chi connectivity index (χ3n) is 11.3.